The van der Waals surface area contributed by atoms with Gasteiger partial charge in [0, 0.05) is 17.1 Å². The van der Waals surface area contributed by atoms with Crippen molar-refractivity contribution in [2.45, 2.75) is 19.6 Å². The predicted molar refractivity (Wildman–Crippen MR) is 184 cm³/mol. The van der Waals surface area contributed by atoms with Crippen molar-refractivity contribution in [2.75, 3.05) is 0 Å². The van der Waals surface area contributed by atoms with Gasteiger partial charge in [0.05, 0.1) is 13.6 Å². The van der Waals surface area contributed by atoms with Crippen LogP contribution in [0.2, 0.25) is 19.6 Å². The Morgan fingerprint density at radius 2 is 0.881 bits per heavy atom. The number of fused-ring (bicyclic) bond motifs is 2. The number of hydrogen-bond donors (Lipinski definition) is 0. The number of benzene rings is 6. The van der Waals surface area contributed by atoms with Crippen molar-refractivity contribution in [2.24, 2.45) is 0 Å². The highest BCUT2D eigenvalue weighted by atomic mass is 28.3. The van der Waals surface area contributed by atoms with Crippen LogP contribution in [0, 0.1) is 0 Å². The van der Waals surface area contributed by atoms with Crippen LogP contribution in [0.4, 0.5) is 0 Å². The zero-order valence-electron chi connectivity index (χ0n) is 24.3. The van der Waals surface area contributed by atoms with E-state index in [1.807, 2.05) is 12.3 Å². The average Bonchev–Trinajstić information content (AvgIpc) is 3.04. The fourth-order valence-electron chi connectivity index (χ4n) is 5.80. The molecule has 42 heavy (non-hydrogen) atoms. The van der Waals surface area contributed by atoms with Gasteiger partial charge in [0.2, 0.25) is 0 Å². The zero-order chi connectivity index (χ0) is 28.7. The van der Waals surface area contributed by atoms with Gasteiger partial charge in [-0.15, -0.1) is 0 Å². The van der Waals surface area contributed by atoms with Crippen molar-refractivity contribution >= 4 is 34.9 Å². The Bertz CT molecular complexity index is 2030. The number of hydrogen-bond acceptors (Lipinski definition) is 1. The molecule has 0 unspecified atom stereocenters. The SMILES string of the molecule is C[Si](C)(C)c1ccc(-c2ccc(-c3ccc4ccc(-c5ccc(-c6cccc7cccnc67)cc5)cc4c3)cc2)cc1. The molecule has 0 N–H and O–H groups in total. The van der Waals surface area contributed by atoms with Crippen molar-refractivity contribution in [3.8, 4) is 44.5 Å². The van der Waals surface area contributed by atoms with Gasteiger partial charge in [-0.1, -0.05) is 146 Å². The third-order valence-corrected chi connectivity index (χ3v) is 10.4. The molecule has 202 valence electrons. The Kier molecular flexibility index (Phi) is 6.57. The highest BCUT2D eigenvalue weighted by molar-refractivity contribution is 6.88. The van der Waals surface area contributed by atoms with Crippen LogP contribution in [0.15, 0.2) is 146 Å². The molecule has 2 heteroatoms. The van der Waals surface area contributed by atoms with Crippen molar-refractivity contribution in [3.05, 3.63) is 146 Å². The Morgan fingerprint density at radius 1 is 0.405 bits per heavy atom. The first-order valence-electron chi connectivity index (χ1n) is 14.6. The maximum Gasteiger partial charge on any atom is 0.0780 e. The summed E-state index contributed by atoms with van der Waals surface area (Å²) in [6, 6.07) is 51.0. The van der Waals surface area contributed by atoms with Gasteiger partial charge in [-0.05, 0) is 67.9 Å². The normalized spacial score (nSPS) is 11.7. The van der Waals surface area contributed by atoms with Gasteiger partial charge in [-0.25, -0.2) is 0 Å². The van der Waals surface area contributed by atoms with E-state index in [4.69, 9.17) is 0 Å². The summed E-state index contributed by atoms with van der Waals surface area (Å²) in [5.41, 5.74) is 10.8. The van der Waals surface area contributed by atoms with Gasteiger partial charge in [0.15, 0.2) is 0 Å². The van der Waals surface area contributed by atoms with E-state index in [9.17, 15) is 0 Å². The van der Waals surface area contributed by atoms with E-state index < -0.39 is 8.07 Å². The van der Waals surface area contributed by atoms with Crippen molar-refractivity contribution in [3.63, 3.8) is 0 Å². The minimum atomic E-state index is -1.29. The first kappa shape index (κ1) is 26.1. The summed E-state index contributed by atoms with van der Waals surface area (Å²) in [7, 11) is -1.29. The molecular formula is C40H33NSi. The molecule has 1 aromatic heterocycles. The third kappa shape index (κ3) is 5.06. The van der Waals surface area contributed by atoms with Gasteiger partial charge < -0.3 is 0 Å². The molecular weight excluding hydrogens is 523 g/mol. The predicted octanol–water partition coefficient (Wildman–Crippen LogP) is 10.6. The lowest BCUT2D eigenvalue weighted by molar-refractivity contribution is 1.41. The smallest absolute Gasteiger partial charge is 0.0780 e. The van der Waals surface area contributed by atoms with Crippen LogP contribution in [0.5, 0.6) is 0 Å². The van der Waals surface area contributed by atoms with E-state index in [2.05, 4.69) is 158 Å². The maximum absolute atomic E-state index is 4.64. The second kappa shape index (κ2) is 10.6. The molecule has 6 aromatic carbocycles. The summed E-state index contributed by atoms with van der Waals surface area (Å²) in [6.45, 7) is 7.18. The van der Waals surface area contributed by atoms with Crippen LogP contribution in [0.1, 0.15) is 0 Å². The van der Waals surface area contributed by atoms with Crippen LogP contribution in [-0.2, 0) is 0 Å². The summed E-state index contributed by atoms with van der Waals surface area (Å²) < 4.78 is 0. The first-order chi connectivity index (χ1) is 20.4. The quantitative estimate of drug-likeness (QED) is 0.193. The average molecular weight is 556 g/mol. The Labute approximate surface area is 249 Å². The first-order valence-corrected chi connectivity index (χ1v) is 18.1. The Morgan fingerprint density at radius 3 is 1.45 bits per heavy atom. The van der Waals surface area contributed by atoms with E-state index >= 15 is 0 Å². The largest absolute Gasteiger partial charge is 0.256 e. The fourth-order valence-corrected chi connectivity index (χ4v) is 6.97. The lowest BCUT2D eigenvalue weighted by atomic mass is 9.95. The second-order valence-electron chi connectivity index (χ2n) is 12.1. The number of nitrogens with zero attached hydrogens (tertiary/aromatic N) is 1. The van der Waals surface area contributed by atoms with Crippen LogP contribution in [0.3, 0.4) is 0 Å². The summed E-state index contributed by atoms with van der Waals surface area (Å²) >= 11 is 0. The molecule has 0 atom stereocenters. The van der Waals surface area contributed by atoms with Gasteiger partial charge in [-0.2, -0.15) is 0 Å². The second-order valence-corrected chi connectivity index (χ2v) is 17.2. The van der Waals surface area contributed by atoms with E-state index in [-0.39, 0.29) is 0 Å². The fraction of sp³-hybridized carbons (Fsp3) is 0.0750. The van der Waals surface area contributed by atoms with Gasteiger partial charge in [0.25, 0.3) is 0 Å². The van der Waals surface area contributed by atoms with Crippen molar-refractivity contribution in [1.29, 1.82) is 0 Å². The summed E-state index contributed by atoms with van der Waals surface area (Å²) in [6.07, 6.45) is 1.87. The van der Waals surface area contributed by atoms with Gasteiger partial charge in [0.1, 0.15) is 0 Å². The van der Waals surface area contributed by atoms with Gasteiger partial charge >= 0.3 is 0 Å². The topological polar surface area (TPSA) is 12.9 Å². The van der Waals surface area contributed by atoms with Crippen LogP contribution in [0.25, 0.3) is 66.2 Å². The van der Waals surface area contributed by atoms with E-state index in [1.165, 1.54) is 54.9 Å². The van der Waals surface area contributed by atoms with Crippen LogP contribution >= 0.6 is 0 Å². The number of para-hydroxylation sites is 1. The van der Waals surface area contributed by atoms with E-state index in [0.717, 1.165) is 16.5 Å². The molecule has 0 spiro atoms. The molecule has 0 bridgehead atoms. The number of aromatic nitrogens is 1. The van der Waals surface area contributed by atoms with E-state index in [1.54, 1.807) is 0 Å². The number of rotatable bonds is 5. The van der Waals surface area contributed by atoms with E-state index in [0.29, 0.717) is 0 Å². The van der Waals surface area contributed by atoms with Gasteiger partial charge in [-0.3, -0.25) is 4.98 Å². The zero-order valence-corrected chi connectivity index (χ0v) is 25.3. The molecule has 0 saturated carbocycles. The Hall–Kier alpha value is -4.79. The molecule has 0 aliphatic heterocycles. The highest BCUT2D eigenvalue weighted by Crippen LogP contribution is 2.32. The molecule has 0 amide bonds. The molecule has 0 fully saturated rings. The molecule has 7 aromatic rings. The molecule has 0 aliphatic rings. The Balaban J connectivity index is 1.16. The lowest BCUT2D eigenvalue weighted by Crippen LogP contribution is -2.37. The summed E-state index contributed by atoms with van der Waals surface area (Å²) in [5.74, 6) is 0. The molecule has 0 aliphatic carbocycles. The molecule has 0 saturated heterocycles. The maximum atomic E-state index is 4.64. The minimum Gasteiger partial charge on any atom is -0.256 e. The summed E-state index contributed by atoms with van der Waals surface area (Å²) in [4.78, 5) is 4.64. The molecule has 0 radical (unpaired) electrons. The highest BCUT2D eigenvalue weighted by Gasteiger charge is 2.15. The van der Waals surface area contributed by atoms with Crippen LogP contribution in [-0.4, -0.2) is 13.1 Å². The minimum absolute atomic E-state index is 1.04. The van der Waals surface area contributed by atoms with Crippen molar-refractivity contribution in [1.82, 2.24) is 4.98 Å². The number of pyridine rings is 1. The molecule has 1 heterocycles. The molecule has 1 nitrogen and oxygen atoms in total. The molecule has 7 rings (SSSR count). The third-order valence-electron chi connectivity index (χ3n) is 8.30. The lowest BCUT2D eigenvalue weighted by Gasteiger charge is -2.16. The van der Waals surface area contributed by atoms with Crippen LogP contribution < -0.4 is 5.19 Å². The summed E-state index contributed by atoms with van der Waals surface area (Å²) in [5, 5.41) is 5.16. The monoisotopic (exact) mass is 555 g/mol. The van der Waals surface area contributed by atoms with Crippen molar-refractivity contribution < 1.29 is 0 Å². The standard InChI is InChI=1S/C40H33NSi/c1-42(2,3)38-23-21-29(22-24-38)28-9-11-30(12-10-28)35-19-15-32-16-20-36(27-37(32)26-35)31-13-17-33(18-14-31)39-8-4-6-34-7-5-25-41-40(34)39/h4-27H,1-3H3.